The molecular formula is C23H36O2. The quantitative estimate of drug-likeness (QED) is 0.280. The number of aromatic hydroxyl groups is 2. The Bertz CT molecular complexity index is 483. The summed E-state index contributed by atoms with van der Waals surface area (Å²) in [6.45, 7) is 2.23. The average molecular weight is 345 g/mol. The molecule has 0 fully saturated rings. The number of rotatable bonds is 14. The molecule has 0 heterocycles. The van der Waals surface area contributed by atoms with Crippen LogP contribution in [0.25, 0.3) is 0 Å². The first kappa shape index (κ1) is 21.3. The molecule has 0 bridgehead atoms. The first-order chi connectivity index (χ1) is 12.2. The van der Waals surface area contributed by atoms with E-state index in [4.69, 9.17) is 0 Å². The fourth-order valence-corrected chi connectivity index (χ4v) is 2.93. The summed E-state index contributed by atoms with van der Waals surface area (Å²) in [7, 11) is 0. The topological polar surface area (TPSA) is 40.5 Å². The summed E-state index contributed by atoms with van der Waals surface area (Å²) in [6.07, 6.45) is 23.7. The molecule has 0 aliphatic carbocycles. The molecule has 0 aromatic heterocycles. The minimum atomic E-state index is 0.152. The second-order valence-corrected chi connectivity index (χ2v) is 6.84. The summed E-state index contributed by atoms with van der Waals surface area (Å²) >= 11 is 0. The van der Waals surface area contributed by atoms with Crippen LogP contribution in [0.1, 0.15) is 83.1 Å². The standard InChI is InChI=1S/C23H36O2/c1-2-3-4-5-6-7-8-9-10-11-12-13-14-15-16-17-21-18-22(24)20-23(25)19-21/h5-6,8-9,18-20,24-25H,2-4,7,10-17H2,1H3/b6-5+,9-8+. The van der Waals surface area contributed by atoms with Gasteiger partial charge in [-0.2, -0.15) is 0 Å². The second kappa shape index (κ2) is 14.6. The van der Waals surface area contributed by atoms with Crippen molar-refractivity contribution in [1.82, 2.24) is 0 Å². The Morgan fingerprint density at radius 2 is 1.24 bits per heavy atom. The van der Waals surface area contributed by atoms with E-state index in [0.717, 1.165) is 24.8 Å². The van der Waals surface area contributed by atoms with Crippen LogP contribution in [0, 0.1) is 0 Å². The lowest BCUT2D eigenvalue weighted by molar-refractivity contribution is 0.449. The van der Waals surface area contributed by atoms with Gasteiger partial charge < -0.3 is 10.2 Å². The van der Waals surface area contributed by atoms with Crippen molar-refractivity contribution in [1.29, 1.82) is 0 Å². The van der Waals surface area contributed by atoms with Gasteiger partial charge in [-0.1, -0.05) is 69.8 Å². The van der Waals surface area contributed by atoms with Gasteiger partial charge in [0.1, 0.15) is 11.5 Å². The fourth-order valence-electron chi connectivity index (χ4n) is 2.93. The molecule has 2 heteroatoms. The number of allylic oxidation sites excluding steroid dienone is 4. The predicted molar refractivity (Wildman–Crippen MR) is 108 cm³/mol. The van der Waals surface area contributed by atoms with Crippen molar-refractivity contribution in [2.75, 3.05) is 0 Å². The number of phenols is 2. The van der Waals surface area contributed by atoms with E-state index in [0.29, 0.717) is 0 Å². The molecule has 0 atom stereocenters. The predicted octanol–water partition coefficient (Wildman–Crippen LogP) is 7.06. The van der Waals surface area contributed by atoms with Crippen LogP contribution in [-0.4, -0.2) is 10.2 Å². The molecule has 0 saturated heterocycles. The van der Waals surface area contributed by atoms with Crippen molar-refractivity contribution < 1.29 is 10.2 Å². The number of unbranched alkanes of at least 4 members (excludes halogenated alkanes) is 8. The van der Waals surface area contributed by atoms with Crippen LogP contribution in [-0.2, 0) is 6.42 Å². The minimum Gasteiger partial charge on any atom is -0.508 e. The molecule has 0 unspecified atom stereocenters. The van der Waals surface area contributed by atoms with Crippen molar-refractivity contribution in [3.05, 3.63) is 48.1 Å². The van der Waals surface area contributed by atoms with Gasteiger partial charge in [0.05, 0.1) is 0 Å². The molecule has 0 radical (unpaired) electrons. The van der Waals surface area contributed by atoms with Crippen molar-refractivity contribution in [2.24, 2.45) is 0 Å². The van der Waals surface area contributed by atoms with E-state index in [1.165, 1.54) is 63.9 Å². The van der Waals surface area contributed by atoms with Crippen molar-refractivity contribution >= 4 is 0 Å². The molecular weight excluding hydrogens is 308 g/mol. The number of hydrogen-bond donors (Lipinski definition) is 2. The highest BCUT2D eigenvalue weighted by atomic mass is 16.3. The second-order valence-electron chi connectivity index (χ2n) is 6.84. The Hall–Kier alpha value is -1.70. The third-order valence-corrected chi connectivity index (χ3v) is 4.38. The molecule has 1 aromatic carbocycles. The number of aryl methyl sites for hydroxylation is 1. The Kier molecular flexibility index (Phi) is 12.5. The molecule has 1 rings (SSSR count). The summed E-state index contributed by atoms with van der Waals surface area (Å²) in [5.74, 6) is 0.305. The minimum absolute atomic E-state index is 0.152. The maximum atomic E-state index is 9.45. The lowest BCUT2D eigenvalue weighted by Gasteiger charge is -2.04. The molecule has 0 spiro atoms. The van der Waals surface area contributed by atoms with Crippen LogP contribution >= 0.6 is 0 Å². The summed E-state index contributed by atoms with van der Waals surface area (Å²) in [4.78, 5) is 0. The molecule has 0 aliphatic rings. The first-order valence-electron chi connectivity index (χ1n) is 10.0. The Labute approximate surface area is 154 Å². The number of phenolic OH excluding ortho intramolecular Hbond substituents is 2. The summed E-state index contributed by atoms with van der Waals surface area (Å²) < 4.78 is 0. The van der Waals surface area contributed by atoms with E-state index in [2.05, 4.69) is 31.2 Å². The normalized spacial score (nSPS) is 11.7. The molecule has 0 aliphatic heterocycles. The summed E-state index contributed by atoms with van der Waals surface area (Å²) in [6, 6.07) is 4.86. The molecule has 0 amide bonds. The van der Waals surface area contributed by atoms with E-state index in [1.807, 2.05) is 0 Å². The molecule has 0 saturated carbocycles. The largest absolute Gasteiger partial charge is 0.508 e. The zero-order valence-corrected chi connectivity index (χ0v) is 15.9. The van der Waals surface area contributed by atoms with Gasteiger partial charge in [-0.25, -0.2) is 0 Å². The van der Waals surface area contributed by atoms with Gasteiger partial charge >= 0.3 is 0 Å². The Morgan fingerprint density at radius 3 is 1.88 bits per heavy atom. The highest BCUT2D eigenvalue weighted by Crippen LogP contribution is 2.22. The third kappa shape index (κ3) is 12.3. The average Bonchev–Trinajstić information content (AvgIpc) is 2.57. The van der Waals surface area contributed by atoms with Crippen LogP contribution in [0.4, 0.5) is 0 Å². The van der Waals surface area contributed by atoms with Crippen LogP contribution in [0.15, 0.2) is 42.5 Å². The van der Waals surface area contributed by atoms with Gasteiger partial charge in [0, 0.05) is 6.07 Å². The highest BCUT2D eigenvalue weighted by molar-refractivity contribution is 5.36. The SMILES string of the molecule is CCCC/C=C/C/C=C/CCCCCCCCc1cc(O)cc(O)c1. The zero-order chi connectivity index (χ0) is 18.2. The lowest BCUT2D eigenvalue weighted by Crippen LogP contribution is -1.86. The summed E-state index contributed by atoms with van der Waals surface area (Å²) in [5, 5.41) is 18.9. The lowest BCUT2D eigenvalue weighted by atomic mass is 10.0. The van der Waals surface area contributed by atoms with Gasteiger partial charge in [0.2, 0.25) is 0 Å². The fraction of sp³-hybridized carbons (Fsp3) is 0.565. The highest BCUT2D eigenvalue weighted by Gasteiger charge is 1.99. The van der Waals surface area contributed by atoms with Crippen molar-refractivity contribution in [3.8, 4) is 11.5 Å². The molecule has 140 valence electrons. The van der Waals surface area contributed by atoms with Gasteiger partial charge in [-0.15, -0.1) is 0 Å². The van der Waals surface area contributed by atoms with Crippen molar-refractivity contribution in [3.63, 3.8) is 0 Å². The maximum absolute atomic E-state index is 9.45. The molecule has 2 nitrogen and oxygen atoms in total. The molecule has 25 heavy (non-hydrogen) atoms. The Morgan fingerprint density at radius 1 is 0.680 bits per heavy atom. The van der Waals surface area contributed by atoms with E-state index in [-0.39, 0.29) is 11.5 Å². The third-order valence-electron chi connectivity index (χ3n) is 4.38. The van der Waals surface area contributed by atoms with Crippen LogP contribution in [0.5, 0.6) is 11.5 Å². The Balaban J connectivity index is 1.91. The van der Waals surface area contributed by atoms with Gasteiger partial charge in [0.25, 0.3) is 0 Å². The van der Waals surface area contributed by atoms with Gasteiger partial charge in [0.15, 0.2) is 0 Å². The van der Waals surface area contributed by atoms with E-state index < -0.39 is 0 Å². The van der Waals surface area contributed by atoms with Gasteiger partial charge in [-0.3, -0.25) is 0 Å². The monoisotopic (exact) mass is 344 g/mol. The maximum Gasteiger partial charge on any atom is 0.119 e. The van der Waals surface area contributed by atoms with Crippen LogP contribution < -0.4 is 0 Å². The number of hydrogen-bond acceptors (Lipinski definition) is 2. The van der Waals surface area contributed by atoms with Gasteiger partial charge in [-0.05, 0) is 56.2 Å². The molecule has 2 N–H and O–H groups in total. The molecule has 1 aromatic rings. The smallest absolute Gasteiger partial charge is 0.119 e. The zero-order valence-electron chi connectivity index (χ0n) is 15.9. The number of benzene rings is 1. The summed E-state index contributed by atoms with van der Waals surface area (Å²) in [5.41, 5.74) is 1.02. The first-order valence-corrected chi connectivity index (χ1v) is 10.0. The van der Waals surface area contributed by atoms with E-state index in [9.17, 15) is 10.2 Å². The van der Waals surface area contributed by atoms with Crippen LogP contribution in [0.3, 0.4) is 0 Å². The van der Waals surface area contributed by atoms with Crippen LogP contribution in [0.2, 0.25) is 0 Å². The van der Waals surface area contributed by atoms with Crippen molar-refractivity contribution in [2.45, 2.75) is 84.0 Å². The van der Waals surface area contributed by atoms with E-state index in [1.54, 1.807) is 12.1 Å². The van der Waals surface area contributed by atoms with E-state index >= 15 is 0 Å².